The minimum atomic E-state index is -2.19. The van der Waals surface area contributed by atoms with Crippen LogP contribution in [0.25, 0.3) is 0 Å². The predicted octanol–water partition coefficient (Wildman–Crippen LogP) is 4.10. The zero-order valence-electron chi connectivity index (χ0n) is 16.5. The molecule has 0 fully saturated rings. The monoisotopic (exact) mass is 391 g/mol. The van der Waals surface area contributed by atoms with Gasteiger partial charge in [0.15, 0.2) is 5.78 Å². The lowest BCUT2D eigenvalue weighted by molar-refractivity contribution is -0.118. The van der Waals surface area contributed by atoms with E-state index in [4.69, 9.17) is 0 Å². The fourth-order valence-corrected chi connectivity index (χ4v) is 8.61. The Morgan fingerprint density at radius 2 is 1.11 bits per heavy atom. The zero-order chi connectivity index (χ0) is 20.0. The van der Waals surface area contributed by atoms with E-state index in [0.29, 0.717) is 12.8 Å². The Balaban J connectivity index is 2.24. The Morgan fingerprint density at radius 3 is 1.43 bits per heavy atom. The molecule has 2 nitrogen and oxygen atoms in total. The number of carbonyl (C=O) groups is 1. The second kappa shape index (κ2) is 9.28. The molecule has 3 aromatic carbocycles. The molecule has 0 saturated carbocycles. The Bertz CT molecular complexity index is 780. The Kier molecular flexibility index (Phi) is 6.78. The summed E-state index contributed by atoms with van der Waals surface area (Å²) in [5, 5.41) is 13.3. The van der Waals surface area contributed by atoms with E-state index in [9.17, 15) is 9.90 Å². The van der Waals surface area contributed by atoms with E-state index >= 15 is 0 Å². The van der Waals surface area contributed by atoms with E-state index in [1.54, 1.807) is 6.92 Å². The van der Waals surface area contributed by atoms with Crippen molar-refractivity contribution >= 4 is 29.0 Å². The van der Waals surface area contributed by atoms with Crippen molar-refractivity contribution < 1.29 is 9.90 Å². The maximum atomic E-state index is 13.3. The van der Waals surface area contributed by atoms with Crippen LogP contribution in [0.2, 0.25) is 0 Å². The second-order valence-corrected chi connectivity index (χ2v) is 11.0. The first-order valence-corrected chi connectivity index (χ1v) is 11.7. The van der Waals surface area contributed by atoms with Crippen LogP contribution in [0, 0.1) is 0 Å². The highest BCUT2D eigenvalue weighted by atomic mass is 31.2. The largest absolute Gasteiger partial charge is 0.393 e. The summed E-state index contributed by atoms with van der Waals surface area (Å²) in [7, 11) is -2.19. The SMILES string of the molecule is CC(O)CCC(=O)C(C)[P+](c1ccccc1)(c1ccccc1)c1ccccc1. The highest BCUT2D eigenvalue weighted by molar-refractivity contribution is 7.96. The maximum absolute atomic E-state index is 13.3. The number of benzene rings is 3. The highest BCUT2D eigenvalue weighted by Crippen LogP contribution is 2.60. The lowest BCUT2D eigenvalue weighted by Gasteiger charge is -2.32. The van der Waals surface area contributed by atoms with Gasteiger partial charge in [-0.15, -0.1) is 0 Å². The fraction of sp³-hybridized carbons (Fsp3) is 0.240. The van der Waals surface area contributed by atoms with Crippen LogP contribution in [0.4, 0.5) is 0 Å². The van der Waals surface area contributed by atoms with E-state index in [2.05, 4.69) is 79.7 Å². The van der Waals surface area contributed by atoms with Crippen molar-refractivity contribution in [3.8, 4) is 0 Å². The van der Waals surface area contributed by atoms with Gasteiger partial charge in [0, 0.05) is 6.42 Å². The molecule has 0 bridgehead atoms. The highest BCUT2D eigenvalue weighted by Gasteiger charge is 2.52. The lowest BCUT2D eigenvalue weighted by atomic mass is 10.1. The number of aliphatic hydroxyl groups is 1. The Labute approximate surface area is 168 Å². The number of carbonyl (C=O) groups excluding carboxylic acids is 1. The van der Waals surface area contributed by atoms with Crippen molar-refractivity contribution in [1.29, 1.82) is 0 Å². The molecule has 0 amide bonds. The maximum Gasteiger partial charge on any atom is 0.173 e. The summed E-state index contributed by atoms with van der Waals surface area (Å²) in [6.45, 7) is 3.82. The van der Waals surface area contributed by atoms with Gasteiger partial charge in [-0.1, -0.05) is 54.6 Å². The minimum Gasteiger partial charge on any atom is -0.393 e. The van der Waals surface area contributed by atoms with Crippen molar-refractivity contribution in [2.75, 3.05) is 0 Å². The average Bonchev–Trinajstić information content (AvgIpc) is 2.75. The smallest absolute Gasteiger partial charge is 0.173 e. The standard InChI is InChI=1S/C25H28O2P/c1-20(26)18-19-25(27)21(2)28(22-12-6-3-7-13-22,23-14-8-4-9-15-23)24-16-10-5-11-17-24/h3-17,20-21,26H,18-19H2,1-2H3/q+1. The quantitative estimate of drug-likeness (QED) is 0.587. The zero-order valence-corrected chi connectivity index (χ0v) is 17.4. The van der Waals surface area contributed by atoms with Crippen LogP contribution in [0.5, 0.6) is 0 Å². The third kappa shape index (κ3) is 4.09. The summed E-state index contributed by atoms with van der Waals surface area (Å²) in [4.78, 5) is 13.3. The van der Waals surface area contributed by atoms with E-state index in [1.807, 2.05) is 18.2 Å². The molecule has 2 atom stereocenters. The molecule has 0 aliphatic rings. The predicted molar refractivity (Wildman–Crippen MR) is 121 cm³/mol. The topological polar surface area (TPSA) is 37.3 Å². The van der Waals surface area contributed by atoms with Crippen LogP contribution in [0.15, 0.2) is 91.0 Å². The van der Waals surface area contributed by atoms with Crippen LogP contribution in [-0.4, -0.2) is 22.7 Å². The average molecular weight is 391 g/mol. The molecule has 0 aliphatic heterocycles. The molecule has 0 saturated heterocycles. The van der Waals surface area contributed by atoms with E-state index in [1.165, 1.54) is 15.9 Å². The van der Waals surface area contributed by atoms with Gasteiger partial charge in [0.1, 0.15) is 28.8 Å². The van der Waals surface area contributed by atoms with Gasteiger partial charge in [0.2, 0.25) is 0 Å². The first kappa shape index (κ1) is 20.5. The third-order valence-electron chi connectivity index (χ3n) is 5.35. The van der Waals surface area contributed by atoms with E-state index in [-0.39, 0.29) is 11.4 Å². The van der Waals surface area contributed by atoms with Crippen molar-refractivity contribution in [2.45, 2.75) is 38.5 Å². The van der Waals surface area contributed by atoms with Crippen LogP contribution < -0.4 is 15.9 Å². The molecule has 0 heterocycles. The van der Waals surface area contributed by atoms with Gasteiger partial charge in [-0.3, -0.25) is 4.79 Å². The molecule has 0 aliphatic carbocycles. The van der Waals surface area contributed by atoms with Gasteiger partial charge < -0.3 is 5.11 Å². The van der Waals surface area contributed by atoms with Crippen LogP contribution in [-0.2, 0) is 4.79 Å². The molecular weight excluding hydrogens is 363 g/mol. The molecule has 144 valence electrons. The molecule has 28 heavy (non-hydrogen) atoms. The fourth-order valence-electron chi connectivity index (χ4n) is 3.88. The van der Waals surface area contributed by atoms with E-state index < -0.39 is 13.4 Å². The molecule has 1 N–H and O–H groups in total. The summed E-state index contributed by atoms with van der Waals surface area (Å²) >= 11 is 0. The van der Waals surface area contributed by atoms with Crippen LogP contribution in [0.3, 0.4) is 0 Å². The van der Waals surface area contributed by atoms with Gasteiger partial charge in [0.05, 0.1) is 6.10 Å². The Morgan fingerprint density at radius 1 is 0.750 bits per heavy atom. The van der Waals surface area contributed by atoms with Crippen molar-refractivity contribution in [3.05, 3.63) is 91.0 Å². The Hall–Kier alpha value is -2.28. The molecular formula is C25H28O2P+. The third-order valence-corrected chi connectivity index (χ3v) is 10.1. The lowest BCUT2D eigenvalue weighted by Crippen LogP contribution is -2.41. The summed E-state index contributed by atoms with van der Waals surface area (Å²) in [5.41, 5.74) is -0.168. The number of ketones is 1. The molecule has 3 heteroatoms. The van der Waals surface area contributed by atoms with Crippen LogP contribution in [0.1, 0.15) is 26.7 Å². The van der Waals surface area contributed by atoms with Gasteiger partial charge >= 0.3 is 0 Å². The number of hydrogen-bond donors (Lipinski definition) is 1. The normalized spacial score (nSPS) is 13.7. The van der Waals surface area contributed by atoms with Crippen molar-refractivity contribution in [1.82, 2.24) is 0 Å². The summed E-state index contributed by atoms with van der Waals surface area (Å²) in [5.74, 6) is 0.214. The van der Waals surface area contributed by atoms with Gasteiger partial charge in [-0.2, -0.15) is 0 Å². The first-order valence-electron chi connectivity index (χ1n) is 9.83. The molecule has 3 rings (SSSR count). The summed E-state index contributed by atoms with van der Waals surface area (Å²) < 4.78 is 0. The van der Waals surface area contributed by atoms with Gasteiger partial charge in [0.25, 0.3) is 0 Å². The summed E-state index contributed by atoms with van der Waals surface area (Å²) in [6.07, 6.45) is 0.434. The van der Waals surface area contributed by atoms with Crippen LogP contribution >= 0.6 is 7.26 Å². The van der Waals surface area contributed by atoms with Gasteiger partial charge in [-0.25, -0.2) is 0 Å². The first-order chi connectivity index (χ1) is 13.6. The minimum absolute atomic E-state index is 0.168. The number of aliphatic hydroxyl groups excluding tert-OH is 1. The van der Waals surface area contributed by atoms with E-state index in [0.717, 1.165) is 0 Å². The molecule has 0 spiro atoms. The van der Waals surface area contributed by atoms with Crippen molar-refractivity contribution in [2.24, 2.45) is 0 Å². The molecule has 2 unspecified atom stereocenters. The van der Waals surface area contributed by atoms with Crippen molar-refractivity contribution in [3.63, 3.8) is 0 Å². The number of hydrogen-bond acceptors (Lipinski definition) is 2. The summed E-state index contributed by atoms with van der Waals surface area (Å²) in [6, 6.07) is 31.4. The number of rotatable bonds is 8. The van der Waals surface area contributed by atoms with Gasteiger partial charge in [-0.05, 0) is 56.7 Å². The second-order valence-electron chi connectivity index (χ2n) is 7.26. The number of Topliss-reactive ketones (excluding diaryl/α,β-unsaturated/α-hetero) is 1. The molecule has 0 aromatic heterocycles. The molecule has 0 radical (unpaired) electrons. The molecule has 3 aromatic rings.